The second-order valence-corrected chi connectivity index (χ2v) is 4.58. The Bertz CT molecular complexity index is 343. The van der Waals surface area contributed by atoms with Gasteiger partial charge in [-0.05, 0) is 18.4 Å². The molecule has 0 bridgehead atoms. The molecule has 1 aliphatic rings. The van der Waals surface area contributed by atoms with E-state index in [4.69, 9.17) is 0 Å². The van der Waals surface area contributed by atoms with Crippen LogP contribution in [0.1, 0.15) is 37.3 Å². The molecule has 0 amide bonds. The molecule has 0 saturated heterocycles. The lowest BCUT2D eigenvalue weighted by atomic mass is 9.91. The Labute approximate surface area is 99.0 Å². The Balaban J connectivity index is 2.06. The van der Waals surface area contributed by atoms with Crippen LogP contribution in [0.5, 0.6) is 0 Å². The van der Waals surface area contributed by atoms with Crippen LogP contribution in [0.4, 0.5) is 13.2 Å². The van der Waals surface area contributed by atoms with E-state index >= 15 is 0 Å². The van der Waals surface area contributed by atoms with Crippen LogP contribution in [0.2, 0.25) is 0 Å². The topological polar surface area (TPSA) is 12.0 Å². The van der Waals surface area contributed by atoms with Gasteiger partial charge in [0.05, 0.1) is 6.42 Å². The molecule has 4 heteroatoms. The Hall–Kier alpha value is -1.03. The van der Waals surface area contributed by atoms with Crippen LogP contribution in [-0.2, 0) is 0 Å². The third kappa shape index (κ3) is 3.73. The predicted molar refractivity (Wildman–Crippen MR) is 60.6 cm³/mol. The molecule has 1 fully saturated rings. The van der Waals surface area contributed by atoms with E-state index < -0.39 is 18.6 Å². The average Bonchev–Trinajstić information content (AvgIpc) is 2.21. The van der Waals surface area contributed by atoms with E-state index in [0.717, 1.165) is 24.8 Å². The summed E-state index contributed by atoms with van der Waals surface area (Å²) in [6, 6.07) is 8.52. The molecule has 1 aromatic rings. The maximum Gasteiger partial charge on any atom is 0.390 e. The molecular formula is C13H16F3N. The SMILES string of the molecule is FC(F)(F)CC(NC1CCC1)c1ccccc1. The van der Waals surface area contributed by atoms with E-state index in [1.807, 2.05) is 6.07 Å². The van der Waals surface area contributed by atoms with Crippen molar-refractivity contribution in [3.05, 3.63) is 35.9 Å². The molecule has 1 aliphatic carbocycles. The second kappa shape index (κ2) is 5.08. The minimum Gasteiger partial charge on any atom is -0.307 e. The third-order valence-electron chi connectivity index (χ3n) is 3.18. The smallest absolute Gasteiger partial charge is 0.307 e. The lowest BCUT2D eigenvalue weighted by Crippen LogP contribution is -2.39. The van der Waals surface area contributed by atoms with Crippen LogP contribution in [0.15, 0.2) is 30.3 Å². The molecule has 0 spiro atoms. The number of nitrogens with one attached hydrogen (secondary N) is 1. The zero-order chi connectivity index (χ0) is 12.3. The molecule has 1 nitrogen and oxygen atoms in total. The second-order valence-electron chi connectivity index (χ2n) is 4.58. The highest BCUT2D eigenvalue weighted by atomic mass is 19.4. The van der Waals surface area contributed by atoms with Gasteiger partial charge in [-0.15, -0.1) is 0 Å². The van der Waals surface area contributed by atoms with Crippen LogP contribution in [-0.4, -0.2) is 12.2 Å². The maximum atomic E-state index is 12.5. The Morgan fingerprint density at radius 2 is 1.82 bits per heavy atom. The lowest BCUT2D eigenvalue weighted by Gasteiger charge is -2.32. The van der Waals surface area contributed by atoms with Crippen LogP contribution in [0.3, 0.4) is 0 Å². The van der Waals surface area contributed by atoms with Gasteiger partial charge in [-0.25, -0.2) is 0 Å². The van der Waals surface area contributed by atoms with E-state index in [9.17, 15) is 13.2 Å². The van der Waals surface area contributed by atoms with Crippen LogP contribution >= 0.6 is 0 Å². The van der Waals surface area contributed by atoms with Crippen LogP contribution < -0.4 is 5.32 Å². The zero-order valence-electron chi connectivity index (χ0n) is 9.50. The van der Waals surface area contributed by atoms with Gasteiger partial charge in [0.15, 0.2) is 0 Å². The fraction of sp³-hybridized carbons (Fsp3) is 0.538. The summed E-state index contributed by atoms with van der Waals surface area (Å²) in [5, 5.41) is 3.11. The average molecular weight is 243 g/mol. The maximum absolute atomic E-state index is 12.5. The molecule has 0 aromatic heterocycles. The molecule has 0 radical (unpaired) electrons. The zero-order valence-corrected chi connectivity index (χ0v) is 9.50. The summed E-state index contributed by atoms with van der Waals surface area (Å²) < 4.78 is 37.6. The summed E-state index contributed by atoms with van der Waals surface area (Å²) >= 11 is 0. The van der Waals surface area contributed by atoms with Crippen molar-refractivity contribution in [2.24, 2.45) is 0 Å². The van der Waals surface area contributed by atoms with Crippen molar-refractivity contribution in [3.8, 4) is 0 Å². The number of benzene rings is 1. The molecule has 1 atom stereocenters. The first-order chi connectivity index (χ1) is 8.04. The van der Waals surface area contributed by atoms with E-state index in [0.29, 0.717) is 0 Å². The molecule has 0 aliphatic heterocycles. The highest BCUT2D eigenvalue weighted by Gasteiger charge is 2.34. The van der Waals surface area contributed by atoms with Gasteiger partial charge in [-0.2, -0.15) is 13.2 Å². The molecular weight excluding hydrogens is 227 g/mol. The molecule has 17 heavy (non-hydrogen) atoms. The van der Waals surface area contributed by atoms with Gasteiger partial charge >= 0.3 is 6.18 Å². The first-order valence-electron chi connectivity index (χ1n) is 5.92. The fourth-order valence-electron chi connectivity index (χ4n) is 2.05. The van der Waals surface area contributed by atoms with Gasteiger partial charge in [-0.3, -0.25) is 0 Å². The summed E-state index contributed by atoms with van der Waals surface area (Å²) in [4.78, 5) is 0. The quantitative estimate of drug-likeness (QED) is 0.847. The number of hydrogen-bond donors (Lipinski definition) is 1. The van der Waals surface area contributed by atoms with Gasteiger partial charge < -0.3 is 5.32 Å². The Morgan fingerprint density at radius 3 is 2.29 bits per heavy atom. The van der Waals surface area contributed by atoms with Crippen molar-refractivity contribution in [3.63, 3.8) is 0 Å². The molecule has 94 valence electrons. The van der Waals surface area contributed by atoms with Crippen molar-refractivity contribution in [1.82, 2.24) is 5.32 Å². The van der Waals surface area contributed by atoms with Crippen molar-refractivity contribution >= 4 is 0 Å². The van der Waals surface area contributed by atoms with Crippen LogP contribution in [0, 0.1) is 0 Å². The first-order valence-corrected chi connectivity index (χ1v) is 5.92. The highest BCUT2D eigenvalue weighted by Crippen LogP contribution is 2.31. The van der Waals surface area contributed by atoms with E-state index in [2.05, 4.69) is 5.32 Å². The third-order valence-corrected chi connectivity index (χ3v) is 3.18. The summed E-state index contributed by atoms with van der Waals surface area (Å²) in [7, 11) is 0. The van der Waals surface area contributed by atoms with E-state index in [1.54, 1.807) is 24.3 Å². The normalized spacial score (nSPS) is 18.8. The number of hydrogen-bond acceptors (Lipinski definition) is 1. The van der Waals surface area contributed by atoms with E-state index in [1.165, 1.54) is 0 Å². The van der Waals surface area contributed by atoms with Gasteiger partial charge in [-0.1, -0.05) is 36.8 Å². The summed E-state index contributed by atoms with van der Waals surface area (Å²) in [6.45, 7) is 0. The van der Waals surface area contributed by atoms with E-state index in [-0.39, 0.29) is 6.04 Å². The van der Waals surface area contributed by atoms with Crippen molar-refractivity contribution in [2.45, 2.75) is 43.9 Å². The molecule has 1 saturated carbocycles. The van der Waals surface area contributed by atoms with Crippen LogP contribution in [0.25, 0.3) is 0 Å². The number of alkyl halides is 3. The molecule has 1 unspecified atom stereocenters. The number of rotatable bonds is 4. The molecule has 1 N–H and O–H groups in total. The monoisotopic (exact) mass is 243 g/mol. The minimum absolute atomic E-state index is 0.252. The number of halogens is 3. The minimum atomic E-state index is -4.13. The van der Waals surface area contributed by atoms with Gasteiger partial charge in [0.2, 0.25) is 0 Å². The summed E-state index contributed by atoms with van der Waals surface area (Å²) in [5.74, 6) is 0. The first kappa shape index (κ1) is 12.4. The highest BCUT2D eigenvalue weighted by molar-refractivity contribution is 5.19. The molecule has 0 heterocycles. The van der Waals surface area contributed by atoms with Crippen molar-refractivity contribution in [2.75, 3.05) is 0 Å². The summed E-state index contributed by atoms with van der Waals surface area (Å²) in [6.07, 6.45) is -1.83. The van der Waals surface area contributed by atoms with Gasteiger partial charge in [0.25, 0.3) is 0 Å². The van der Waals surface area contributed by atoms with Crippen molar-refractivity contribution in [1.29, 1.82) is 0 Å². The van der Waals surface area contributed by atoms with Crippen molar-refractivity contribution < 1.29 is 13.2 Å². The fourth-order valence-corrected chi connectivity index (χ4v) is 2.05. The Morgan fingerprint density at radius 1 is 1.18 bits per heavy atom. The largest absolute Gasteiger partial charge is 0.390 e. The Kier molecular flexibility index (Phi) is 3.72. The van der Waals surface area contributed by atoms with Gasteiger partial charge in [0.1, 0.15) is 0 Å². The molecule has 2 rings (SSSR count). The van der Waals surface area contributed by atoms with Gasteiger partial charge in [0, 0.05) is 12.1 Å². The standard InChI is InChI=1S/C13H16F3N/c14-13(15,16)9-12(17-11-7-4-8-11)10-5-2-1-3-6-10/h1-3,5-6,11-12,17H,4,7-9H2. The predicted octanol–water partition coefficient (Wildman–Crippen LogP) is 3.82. The lowest BCUT2D eigenvalue weighted by molar-refractivity contribution is -0.141. The molecule has 1 aromatic carbocycles. The summed E-state index contributed by atoms with van der Waals surface area (Å²) in [5.41, 5.74) is 0.719.